The minimum Gasteiger partial charge on any atom is -0.273 e. The first-order chi connectivity index (χ1) is 9.27. The number of hydrogen-bond donors (Lipinski definition) is 2. The van der Waals surface area contributed by atoms with E-state index in [-0.39, 0.29) is 5.91 Å². The summed E-state index contributed by atoms with van der Waals surface area (Å²) in [7, 11) is 0. The van der Waals surface area contributed by atoms with Crippen LogP contribution in [0.3, 0.4) is 0 Å². The number of allylic oxidation sites excluding steroid dienone is 1. The van der Waals surface area contributed by atoms with Crippen LogP contribution in [-0.4, -0.2) is 22.3 Å². The summed E-state index contributed by atoms with van der Waals surface area (Å²) in [6.45, 7) is 0. The number of halogens is 1. The van der Waals surface area contributed by atoms with Crippen molar-refractivity contribution < 1.29 is 4.79 Å². The molecule has 2 rings (SSSR count). The molecule has 0 aliphatic heterocycles. The van der Waals surface area contributed by atoms with Crippen LogP contribution in [0.25, 0.3) is 4.48 Å². The first-order valence-corrected chi connectivity index (χ1v) is 6.30. The van der Waals surface area contributed by atoms with E-state index in [1.165, 1.54) is 12.4 Å². The summed E-state index contributed by atoms with van der Waals surface area (Å²) in [5.74, 6) is -0.335. The third kappa shape index (κ3) is 3.89. The van der Waals surface area contributed by atoms with Gasteiger partial charge in [0.1, 0.15) is 5.69 Å². The molecular formula is C13H11BrN4O. The van der Waals surface area contributed by atoms with E-state index in [1.807, 2.05) is 30.3 Å². The second kappa shape index (κ2) is 6.65. The van der Waals surface area contributed by atoms with Crippen molar-refractivity contribution >= 4 is 32.5 Å². The Balaban J connectivity index is 1.91. The quantitative estimate of drug-likeness (QED) is 0.672. The van der Waals surface area contributed by atoms with E-state index in [4.69, 9.17) is 0 Å². The van der Waals surface area contributed by atoms with Crippen LogP contribution in [0.1, 0.15) is 16.1 Å². The van der Waals surface area contributed by atoms with Crippen LogP contribution >= 0.6 is 15.9 Å². The monoisotopic (exact) mass is 318 g/mol. The van der Waals surface area contributed by atoms with Crippen LogP contribution in [0.5, 0.6) is 0 Å². The van der Waals surface area contributed by atoms with Gasteiger partial charge in [0.2, 0.25) is 0 Å². The molecule has 19 heavy (non-hydrogen) atoms. The predicted octanol–water partition coefficient (Wildman–Crippen LogP) is 2.56. The van der Waals surface area contributed by atoms with E-state index in [2.05, 4.69) is 36.7 Å². The Labute approximate surface area is 118 Å². The number of benzene rings is 1. The fourth-order valence-electron chi connectivity index (χ4n) is 1.33. The van der Waals surface area contributed by atoms with Crippen LogP contribution in [0.4, 0.5) is 0 Å². The Morgan fingerprint density at radius 3 is 2.79 bits per heavy atom. The predicted molar refractivity (Wildman–Crippen MR) is 77.9 cm³/mol. The van der Waals surface area contributed by atoms with Crippen LogP contribution in [0.15, 0.2) is 53.8 Å². The largest absolute Gasteiger partial charge is 0.289 e. The third-order valence-electron chi connectivity index (χ3n) is 2.26. The maximum atomic E-state index is 11.5. The molecule has 2 aromatic rings. The zero-order chi connectivity index (χ0) is 13.5. The number of carbonyl (C=O) groups is 1. The lowest BCUT2D eigenvalue weighted by Gasteiger charge is -1.97. The van der Waals surface area contributed by atoms with Gasteiger partial charge in [-0.25, -0.2) is 5.43 Å². The molecule has 1 aromatic heterocycles. The molecule has 1 amide bonds. The molecule has 5 nitrogen and oxygen atoms in total. The summed E-state index contributed by atoms with van der Waals surface area (Å²) in [6.07, 6.45) is 4.76. The van der Waals surface area contributed by atoms with Gasteiger partial charge in [0.25, 0.3) is 5.91 Å². The first-order valence-electron chi connectivity index (χ1n) is 5.51. The van der Waals surface area contributed by atoms with Crippen molar-refractivity contribution in [3.05, 3.63) is 59.9 Å². The van der Waals surface area contributed by atoms with Gasteiger partial charge in [0, 0.05) is 16.9 Å². The van der Waals surface area contributed by atoms with Gasteiger partial charge in [0.15, 0.2) is 0 Å². The van der Waals surface area contributed by atoms with Gasteiger partial charge in [0.05, 0.1) is 0 Å². The van der Waals surface area contributed by atoms with Gasteiger partial charge >= 0.3 is 0 Å². The van der Waals surface area contributed by atoms with Gasteiger partial charge in [-0.3, -0.25) is 9.89 Å². The fourth-order valence-corrected chi connectivity index (χ4v) is 1.72. The molecule has 2 N–H and O–H groups in total. The molecule has 6 heteroatoms. The van der Waals surface area contributed by atoms with Crippen molar-refractivity contribution in [2.24, 2.45) is 5.10 Å². The fraction of sp³-hybridized carbons (Fsp3) is 0. The Kier molecular flexibility index (Phi) is 4.63. The molecule has 0 saturated carbocycles. The smallest absolute Gasteiger partial charge is 0.273 e. The standard InChI is InChI=1S/C13H11BrN4O/c14-11(10-4-2-1-3-5-10)6-8-16-18-13(19)12-7-9-15-17-12/h1-9H,(H,15,17)(H,18,19)/b11-6-,16-8+. The lowest BCUT2D eigenvalue weighted by Crippen LogP contribution is -2.17. The molecule has 1 aromatic carbocycles. The molecule has 0 fully saturated rings. The number of aromatic nitrogens is 2. The van der Waals surface area contributed by atoms with Crippen LogP contribution in [-0.2, 0) is 0 Å². The maximum absolute atomic E-state index is 11.5. The molecule has 0 saturated heterocycles. The number of hydrazone groups is 1. The molecular weight excluding hydrogens is 308 g/mol. The van der Waals surface area contributed by atoms with Crippen LogP contribution in [0.2, 0.25) is 0 Å². The number of nitrogens with one attached hydrogen (secondary N) is 2. The normalized spacial score (nSPS) is 11.7. The number of hydrogen-bond acceptors (Lipinski definition) is 3. The molecule has 0 spiro atoms. The Morgan fingerprint density at radius 2 is 2.11 bits per heavy atom. The summed E-state index contributed by atoms with van der Waals surface area (Å²) in [5, 5.41) is 10.0. The van der Waals surface area contributed by atoms with Gasteiger partial charge < -0.3 is 0 Å². The number of carbonyl (C=O) groups excluding carboxylic acids is 1. The average molecular weight is 319 g/mol. The molecule has 0 unspecified atom stereocenters. The van der Waals surface area contributed by atoms with E-state index in [9.17, 15) is 4.79 Å². The highest BCUT2D eigenvalue weighted by molar-refractivity contribution is 9.15. The zero-order valence-corrected chi connectivity index (χ0v) is 11.5. The minimum atomic E-state index is -0.335. The first kappa shape index (κ1) is 13.2. The SMILES string of the molecule is O=C(N/N=C/C=C(\Br)c1ccccc1)c1ccn[nH]1. The second-order valence-electron chi connectivity index (χ2n) is 3.57. The van der Waals surface area contributed by atoms with Gasteiger partial charge in [-0.2, -0.15) is 10.2 Å². The van der Waals surface area contributed by atoms with Crippen LogP contribution in [0, 0.1) is 0 Å². The summed E-state index contributed by atoms with van der Waals surface area (Å²) in [5.41, 5.74) is 3.79. The minimum absolute atomic E-state index is 0.335. The summed E-state index contributed by atoms with van der Waals surface area (Å²) < 4.78 is 0.882. The van der Waals surface area contributed by atoms with Crippen molar-refractivity contribution in [1.29, 1.82) is 0 Å². The molecule has 0 bridgehead atoms. The van der Waals surface area contributed by atoms with Crippen molar-refractivity contribution in [3.8, 4) is 0 Å². The van der Waals surface area contributed by atoms with E-state index < -0.39 is 0 Å². The lowest BCUT2D eigenvalue weighted by atomic mass is 10.2. The van der Waals surface area contributed by atoms with Gasteiger partial charge in [-0.1, -0.05) is 46.3 Å². The number of aromatic amines is 1. The Morgan fingerprint density at radius 1 is 1.32 bits per heavy atom. The summed E-state index contributed by atoms with van der Waals surface area (Å²) >= 11 is 3.43. The molecule has 0 aliphatic carbocycles. The summed E-state index contributed by atoms with van der Waals surface area (Å²) in [6, 6.07) is 11.3. The Hall–Kier alpha value is -2.21. The van der Waals surface area contributed by atoms with E-state index in [0.29, 0.717) is 5.69 Å². The van der Waals surface area contributed by atoms with E-state index in [1.54, 1.807) is 12.1 Å². The van der Waals surface area contributed by atoms with E-state index in [0.717, 1.165) is 10.0 Å². The zero-order valence-electron chi connectivity index (χ0n) is 9.88. The van der Waals surface area contributed by atoms with Gasteiger partial charge in [-0.05, 0) is 17.7 Å². The average Bonchev–Trinajstić information content (AvgIpc) is 2.98. The maximum Gasteiger partial charge on any atom is 0.289 e. The Bertz CT molecular complexity index is 590. The molecule has 1 heterocycles. The van der Waals surface area contributed by atoms with Crippen molar-refractivity contribution in [1.82, 2.24) is 15.6 Å². The highest BCUT2D eigenvalue weighted by atomic mass is 79.9. The van der Waals surface area contributed by atoms with Crippen LogP contribution < -0.4 is 5.43 Å². The van der Waals surface area contributed by atoms with E-state index >= 15 is 0 Å². The molecule has 0 atom stereocenters. The second-order valence-corrected chi connectivity index (χ2v) is 4.42. The molecule has 96 valence electrons. The van der Waals surface area contributed by atoms with Crippen molar-refractivity contribution in [3.63, 3.8) is 0 Å². The highest BCUT2D eigenvalue weighted by Gasteiger charge is 2.03. The lowest BCUT2D eigenvalue weighted by molar-refractivity contribution is 0.0950. The van der Waals surface area contributed by atoms with Crippen molar-refractivity contribution in [2.75, 3.05) is 0 Å². The number of nitrogens with zero attached hydrogens (tertiary/aromatic N) is 2. The summed E-state index contributed by atoms with van der Waals surface area (Å²) in [4.78, 5) is 11.5. The molecule has 0 radical (unpaired) electrons. The number of rotatable bonds is 4. The molecule has 0 aliphatic rings. The number of H-pyrrole nitrogens is 1. The van der Waals surface area contributed by atoms with Crippen molar-refractivity contribution in [2.45, 2.75) is 0 Å². The number of amides is 1. The highest BCUT2D eigenvalue weighted by Crippen LogP contribution is 2.19. The topological polar surface area (TPSA) is 70.1 Å². The van der Waals surface area contributed by atoms with Gasteiger partial charge in [-0.15, -0.1) is 0 Å². The third-order valence-corrected chi connectivity index (χ3v) is 2.98.